The summed E-state index contributed by atoms with van der Waals surface area (Å²) in [5, 5.41) is 14.3. The summed E-state index contributed by atoms with van der Waals surface area (Å²) < 4.78 is 0. The van der Waals surface area contributed by atoms with Crippen LogP contribution in [-0.4, -0.2) is 16.0 Å². The Morgan fingerprint density at radius 2 is 2.21 bits per heavy atom. The zero-order chi connectivity index (χ0) is 13.8. The lowest BCUT2D eigenvalue weighted by Crippen LogP contribution is -2.31. The molecule has 1 amide bonds. The highest BCUT2D eigenvalue weighted by atomic mass is 32.1. The van der Waals surface area contributed by atoms with E-state index in [2.05, 4.69) is 24.1 Å². The van der Waals surface area contributed by atoms with E-state index >= 15 is 0 Å². The predicted molar refractivity (Wildman–Crippen MR) is 75.3 cm³/mol. The second kappa shape index (κ2) is 5.84. The molecule has 1 unspecified atom stereocenters. The minimum Gasteiger partial charge on any atom is -0.506 e. The van der Waals surface area contributed by atoms with Crippen LogP contribution in [0.4, 0.5) is 0 Å². The second-order valence-electron chi connectivity index (χ2n) is 4.64. The zero-order valence-electron chi connectivity index (χ0n) is 10.8. The summed E-state index contributed by atoms with van der Waals surface area (Å²) in [4.78, 5) is 17.1. The van der Waals surface area contributed by atoms with E-state index in [0.717, 1.165) is 4.88 Å². The predicted octanol–water partition coefficient (Wildman–Crippen LogP) is 2.98. The maximum atomic E-state index is 12.1. The van der Waals surface area contributed by atoms with E-state index in [1.54, 1.807) is 11.3 Å². The number of nitrogens with zero attached hydrogens (tertiary/aromatic N) is 1. The first-order valence-electron chi connectivity index (χ1n) is 6.06. The topological polar surface area (TPSA) is 62.2 Å². The van der Waals surface area contributed by atoms with E-state index < -0.39 is 0 Å². The Hall–Kier alpha value is -1.88. The van der Waals surface area contributed by atoms with Crippen LogP contribution in [0.2, 0.25) is 0 Å². The Morgan fingerprint density at radius 3 is 2.79 bits per heavy atom. The number of amides is 1. The van der Waals surface area contributed by atoms with E-state index in [1.807, 2.05) is 17.5 Å². The van der Waals surface area contributed by atoms with Gasteiger partial charge in [-0.1, -0.05) is 19.9 Å². The van der Waals surface area contributed by atoms with Crippen molar-refractivity contribution >= 4 is 17.2 Å². The van der Waals surface area contributed by atoms with Gasteiger partial charge in [-0.2, -0.15) is 0 Å². The molecule has 0 radical (unpaired) electrons. The van der Waals surface area contributed by atoms with Gasteiger partial charge in [0.25, 0.3) is 5.91 Å². The number of nitrogens with one attached hydrogen (secondary N) is 1. The summed E-state index contributed by atoms with van der Waals surface area (Å²) in [6.07, 6.45) is 2.75. The molecular weight excluding hydrogens is 260 g/mol. The number of aromatic hydroxyl groups is 1. The van der Waals surface area contributed by atoms with Gasteiger partial charge in [0.1, 0.15) is 5.75 Å². The van der Waals surface area contributed by atoms with Crippen LogP contribution in [0.3, 0.4) is 0 Å². The normalized spacial score (nSPS) is 12.4. The number of hydrogen-bond acceptors (Lipinski definition) is 4. The highest BCUT2D eigenvalue weighted by Crippen LogP contribution is 2.26. The Bertz CT molecular complexity index is 552. The van der Waals surface area contributed by atoms with Crippen LogP contribution < -0.4 is 5.32 Å². The second-order valence-corrected chi connectivity index (χ2v) is 5.62. The van der Waals surface area contributed by atoms with Gasteiger partial charge >= 0.3 is 0 Å². The first-order valence-corrected chi connectivity index (χ1v) is 6.94. The largest absolute Gasteiger partial charge is 0.506 e. The zero-order valence-corrected chi connectivity index (χ0v) is 11.6. The fourth-order valence-corrected chi connectivity index (χ4v) is 2.76. The van der Waals surface area contributed by atoms with Crippen molar-refractivity contribution < 1.29 is 9.90 Å². The van der Waals surface area contributed by atoms with Crippen molar-refractivity contribution in [1.82, 2.24) is 10.3 Å². The third-order valence-electron chi connectivity index (χ3n) is 2.79. The van der Waals surface area contributed by atoms with Gasteiger partial charge in [0.2, 0.25) is 0 Å². The van der Waals surface area contributed by atoms with Crippen LogP contribution in [0, 0.1) is 5.92 Å². The molecule has 0 spiro atoms. The van der Waals surface area contributed by atoms with Crippen molar-refractivity contribution in [3.63, 3.8) is 0 Å². The molecule has 0 fully saturated rings. The highest BCUT2D eigenvalue weighted by Gasteiger charge is 2.20. The van der Waals surface area contributed by atoms with Gasteiger partial charge in [-0.05, 0) is 23.4 Å². The molecule has 0 aliphatic carbocycles. The molecule has 0 bridgehead atoms. The highest BCUT2D eigenvalue weighted by molar-refractivity contribution is 7.10. The number of carbonyl (C=O) groups excluding carboxylic acids is 1. The van der Waals surface area contributed by atoms with Crippen molar-refractivity contribution in [3.8, 4) is 5.75 Å². The Kier molecular flexibility index (Phi) is 4.16. The van der Waals surface area contributed by atoms with Crippen LogP contribution in [0.25, 0.3) is 0 Å². The fourth-order valence-electron chi connectivity index (χ4n) is 1.81. The van der Waals surface area contributed by atoms with Crippen molar-refractivity contribution in [2.24, 2.45) is 5.92 Å². The molecule has 1 atom stereocenters. The summed E-state index contributed by atoms with van der Waals surface area (Å²) in [6, 6.07) is 5.36. The Labute approximate surface area is 116 Å². The third kappa shape index (κ3) is 3.32. The SMILES string of the molecule is CC(C)C(NC(=O)c1cncc(O)c1)c1cccs1. The van der Waals surface area contributed by atoms with Crippen LogP contribution in [0.15, 0.2) is 36.0 Å². The minimum absolute atomic E-state index is 0.00938. The van der Waals surface area contributed by atoms with E-state index in [9.17, 15) is 9.90 Å². The molecule has 5 heteroatoms. The third-order valence-corrected chi connectivity index (χ3v) is 3.74. The average molecular weight is 276 g/mol. The van der Waals surface area contributed by atoms with Crippen molar-refractivity contribution in [1.29, 1.82) is 0 Å². The van der Waals surface area contributed by atoms with Gasteiger partial charge in [0, 0.05) is 11.1 Å². The smallest absolute Gasteiger partial charge is 0.253 e. The van der Waals surface area contributed by atoms with Crippen molar-refractivity contribution in [2.45, 2.75) is 19.9 Å². The number of thiophene rings is 1. The van der Waals surface area contributed by atoms with E-state index in [-0.39, 0.29) is 23.6 Å². The van der Waals surface area contributed by atoms with Crippen LogP contribution >= 0.6 is 11.3 Å². The lowest BCUT2D eigenvalue weighted by atomic mass is 10.0. The molecule has 2 rings (SSSR count). The molecule has 2 aromatic heterocycles. The van der Waals surface area contributed by atoms with E-state index in [0.29, 0.717) is 5.56 Å². The molecule has 0 saturated heterocycles. The van der Waals surface area contributed by atoms with Gasteiger partial charge in [-0.25, -0.2) is 0 Å². The summed E-state index contributed by atoms with van der Waals surface area (Å²) in [6.45, 7) is 4.12. The van der Waals surface area contributed by atoms with Gasteiger partial charge in [-0.3, -0.25) is 9.78 Å². The molecule has 0 aromatic carbocycles. The molecule has 4 nitrogen and oxygen atoms in total. The number of pyridine rings is 1. The number of rotatable bonds is 4. The fraction of sp³-hybridized carbons (Fsp3) is 0.286. The molecule has 2 aromatic rings. The van der Waals surface area contributed by atoms with E-state index in [4.69, 9.17) is 0 Å². The standard InChI is InChI=1S/C14H16N2O2S/c1-9(2)13(12-4-3-5-19-12)16-14(18)10-6-11(17)8-15-7-10/h3-9,13,17H,1-2H3,(H,16,18). The van der Waals surface area contributed by atoms with Crippen LogP contribution in [-0.2, 0) is 0 Å². The molecule has 2 heterocycles. The number of hydrogen-bond donors (Lipinski definition) is 2. The Balaban J connectivity index is 2.16. The summed E-state index contributed by atoms with van der Waals surface area (Å²) in [5.74, 6) is 0.0493. The average Bonchev–Trinajstić information content (AvgIpc) is 2.88. The number of aromatic nitrogens is 1. The summed E-state index contributed by atoms with van der Waals surface area (Å²) in [7, 11) is 0. The van der Waals surface area contributed by atoms with Crippen LogP contribution in [0.5, 0.6) is 5.75 Å². The maximum absolute atomic E-state index is 12.1. The molecule has 100 valence electrons. The molecule has 0 aliphatic heterocycles. The quantitative estimate of drug-likeness (QED) is 0.902. The monoisotopic (exact) mass is 276 g/mol. The first-order chi connectivity index (χ1) is 9.08. The van der Waals surface area contributed by atoms with E-state index in [1.165, 1.54) is 18.5 Å². The molecule has 0 saturated carbocycles. The van der Waals surface area contributed by atoms with Gasteiger partial charge < -0.3 is 10.4 Å². The van der Waals surface area contributed by atoms with Gasteiger partial charge in [0.05, 0.1) is 17.8 Å². The first kappa shape index (κ1) is 13.5. The van der Waals surface area contributed by atoms with Crippen molar-refractivity contribution in [2.75, 3.05) is 0 Å². The van der Waals surface area contributed by atoms with Gasteiger partial charge in [-0.15, -0.1) is 11.3 Å². The summed E-state index contributed by atoms with van der Waals surface area (Å²) in [5.41, 5.74) is 0.363. The molecular formula is C14H16N2O2S. The summed E-state index contributed by atoms with van der Waals surface area (Å²) >= 11 is 1.62. The minimum atomic E-state index is -0.226. The van der Waals surface area contributed by atoms with Crippen molar-refractivity contribution in [3.05, 3.63) is 46.4 Å². The number of carbonyl (C=O) groups is 1. The maximum Gasteiger partial charge on any atom is 0.253 e. The molecule has 2 N–H and O–H groups in total. The lowest BCUT2D eigenvalue weighted by Gasteiger charge is -2.21. The molecule has 19 heavy (non-hydrogen) atoms. The van der Waals surface area contributed by atoms with Gasteiger partial charge in [0.15, 0.2) is 0 Å². The lowest BCUT2D eigenvalue weighted by molar-refractivity contribution is 0.0925. The van der Waals surface area contributed by atoms with Crippen LogP contribution in [0.1, 0.15) is 35.1 Å². The Morgan fingerprint density at radius 1 is 1.42 bits per heavy atom. The molecule has 0 aliphatic rings.